The number of nitrogens with one attached hydrogen (secondary N) is 1. The molecule has 1 aliphatic heterocycles. The molecule has 5 N–H and O–H groups in total. The highest BCUT2D eigenvalue weighted by molar-refractivity contribution is 5.83. The normalized spacial score (nSPS) is 19.6. The molecule has 1 aliphatic carbocycles. The van der Waals surface area contributed by atoms with Gasteiger partial charge in [0, 0.05) is 18.6 Å². The maximum atomic E-state index is 13.4. The molecular weight excluding hydrogens is 464 g/mol. The summed E-state index contributed by atoms with van der Waals surface area (Å²) in [4.78, 5) is 21.8. The van der Waals surface area contributed by atoms with Crippen LogP contribution in [0.15, 0.2) is 18.2 Å². The Hall–Kier alpha value is -2.28. The molecule has 0 bridgehead atoms. The van der Waals surface area contributed by atoms with Crippen molar-refractivity contribution < 1.29 is 47.6 Å². The minimum atomic E-state index is -4.54. The Balaban J connectivity index is 0.000000347. The third-order valence-electron chi connectivity index (χ3n) is 6.02. The monoisotopic (exact) mass is 494 g/mol. The smallest absolute Gasteiger partial charge is 0.416 e. The lowest BCUT2D eigenvalue weighted by atomic mass is 9.95. The second-order valence-corrected chi connectivity index (χ2v) is 8.59. The maximum absolute atomic E-state index is 13.4. The average molecular weight is 494 g/mol. The van der Waals surface area contributed by atoms with E-state index in [-0.39, 0.29) is 17.6 Å². The summed E-state index contributed by atoms with van der Waals surface area (Å²) >= 11 is 0. The molecule has 8 nitrogen and oxygen atoms in total. The number of carboxylic acids is 2. The summed E-state index contributed by atoms with van der Waals surface area (Å²) in [6.07, 6.45) is -4.87. The number of hydrogen-bond donors (Lipinski definition) is 5. The zero-order valence-corrected chi connectivity index (χ0v) is 18.6. The van der Waals surface area contributed by atoms with E-state index in [1.54, 1.807) is 0 Å². The van der Waals surface area contributed by atoms with Gasteiger partial charge in [0.1, 0.15) is 5.82 Å². The Kier molecular flexibility index (Phi) is 9.80. The van der Waals surface area contributed by atoms with Crippen LogP contribution in [0.25, 0.3) is 0 Å². The highest BCUT2D eigenvalue weighted by Gasteiger charge is 2.38. The van der Waals surface area contributed by atoms with Crippen molar-refractivity contribution in [3.63, 3.8) is 0 Å². The Morgan fingerprint density at radius 3 is 2.03 bits per heavy atom. The van der Waals surface area contributed by atoms with E-state index in [0.717, 1.165) is 51.4 Å². The van der Waals surface area contributed by atoms with Crippen LogP contribution >= 0.6 is 0 Å². The zero-order chi connectivity index (χ0) is 25.6. The molecule has 1 aromatic rings. The van der Waals surface area contributed by atoms with Crippen molar-refractivity contribution in [3.05, 3.63) is 35.1 Å². The number of benzene rings is 1. The van der Waals surface area contributed by atoms with Crippen LogP contribution in [0.5, 0.6) is 0 Å². The molecule has 0 aromatic heterocycles. The summed E-state index contributed by atoms with van der Waals surface area (Å²) in [5, 5.41) is 35.8. The number of aliphatic carboxylic acids is 2. The first kappa shape index (κ1) is 28.0. The third-order valence-corrected chi connectivity index (χ3v) is 6.02. The topological polar surface area (TPSA) is 130 Å². The largest absolute Gasteiger partial charge is 0.479 e. The average Bonchev–Trinajstić information content (AvgIpc) is 3.60. The van der Waals surface area contributed by atoms with Gasteiger partial charge < -0.3 is 25.7 Å². The van der Waals surface area contributed by atoms with E-state index in [1.165, 1.54) is 6.07 Å². The fraction of sp³-hybridized carbons (Fsp3) is 0.636. The summed E-state index contributed by atoms with van der Waals surface area (Å²) in [7, 11) is 0. The van der Waals surface area contributed by atoms with Gasteiger partial charge in [0.2, 0.25) is 0 Å². The SMILES string of the molecule is CC(c1ccc(F)cc1C(F)(F)F)N(CC1CC1)C1CCNCC1.O=C(O)[C@H](O)[C@@H](O)C(=O)O. The van der Waals surface area contributed by atoms with E-state index in [4.69, 9.17) is 20.4 Å². The van der Waals surface area contributed by atoms with Crippen molar-refractivity contribution in [1.29, 1.82) is 0 Å². The van der Waals surface area contributed by atoms with Gasteiger partial charge >= 0.3 is 18.1 Å². The predicted molar refractivity (Wildman–Crippen MR) is 112 cm³/mol. The second kappa shape index (κ2) is 11.9. The van der Waals surface area contributed by atoms with Crippen LogP contribution in [0.3, 0.4) is 0 Å². The van der Waals surface area contributed by atoms with Crippen molar-refractivity contribution >= 4 is 11.9 Å². The first-order valence-corrected chi connectivity index (χ1v) is 11.0. The van der Waals surface area contributed by atoms with Crippen LogP contribution in [-0.2, 0) is 15.8 Å². The first-order valence-electron chi connectivity index (χ1n) is 11.0. The zero-order valence-electron chi connectivity index (χ0n) is 18.6. The standard InChI is InChI=1S/C18H24F4N2.C4H6O6/c1-12(16-5-4-14(19)10-17(16)18(20,21)22)24(11-13-2-3-13)15-6-8-23-9-7-15;5-1(3(7)8)2(6)4(9)10/h4-5,10,12-13,15,23H,2-3,6-9,11H2,1H3;1-2,5-6H,(H,7,8)(H,9,10)/t;1-,2-/m.1/s1. The summed E-state index contributed by atoms with van der Waals surface area (Å²) in [5.41, 5.74) is -0.659. The number of carbonyl (C=O) groups is 2. The number of alkyl halides is 3. The summed E-state index contributed by atoms with van der Waals surface area (Å²) < 4.78 is 53.5. The van der Waals surface area contributed by atoms with Gasteiger partial charge in [-0.1, -0.05) is 6.07 Å². The molecule has 0 radical (unpaired) electrons. The molecule has 2 aliphatic rings. The van der Waals surface area contributed by atoms with Crippen molar-refractivity contribution in [3.8, 4) is 0 Å². The van der Waals surface area contributed by atoms with Gasteiger partial charge in [0.05, 0.1) is 5.56 Å². The number of piperidine rings is 1. The van der Waals surface area contributed by atoms with Crippen LogP contribution in [0.4, 0.5) is 17.6 Å². The highest BCUT2D eigenvalue weighted by Crippen LogP contribution is 2.40. The van der Waals surface area contributed by atoms with E-state index < -0.39 is 41.7 Å². The van der Waals surface area contributed by atoms with Crippen LogP contribution in [0.1, 0.15) is 49.8 Å². The van der Waals surface area contributed by atoms with Crippen LogP contribution in [-0.4, -0.2) is 75.1 Å². The Bertz CT molecular complexity index is 825. The van der Waals surface area contributed by atoms with E-state index in [1.807, 2.05) is 6.92 Å². The molecule has 2 fully saturated rings. The predicted octanol–water partition coefficient (Wildman–Crippen LogP) is 2.25. The Morgan fingerprint density at radius 2 is 1.59 bits per heavy atom. The molecule has 1 saturated heterocycles. The molecule has 34 heavy (non-hydrogen) atoms. The quantitative estimate of drug-likeness (QED) is 0.348. The van der Waals surface area contributed by atoms with E-state index in [2.05, 4.69) is 10.2 Å². The minimum Gasteiger partial charge on any atom is -0.479 e. The number of aliphatic hydroxyl groups is 2. The summed E-state index contributed by atoms with van der Waals surface area (Å²) in [6.45, 7) is 4.45. The lowest BCUT2D eigenvalue weighted by Crippen LogP contribution is -2.45. The van der Waals surface area contributed by atoms with Gasteiger partial charge in [-0.2, -0.15) is 13.2 Å². The molecule has 0 spiro atoms. The van der Waals surface area contributed by atoms with Crippen molar-refractivity contribution in [1.82, 2.24) is 10.2 Å². The number of hydrogen-bond acceptors (Lipinski definition) is 6. The van der Waals surface area contributed by atoms with Crippen LogP contribution in [0, 0.1) is 11.7 Å². The lowest BCUT2D eigenvalue weighted by Gasteiger charge is -2.40. The van der Waals surface area contributed by atoms with Gasteiger partial charge in [0.15, 0.2) is 12.2 Å². The molecular formula is C22H30F4N2O6. The number of nitrogens with zero attached hydrogens (tertiary/aromatic N) is 1. The fourth-order valence-electron chi connectivity index (χ4n) is 3.95. The van der Waals surface area contributed by atoms with Crippen molar-refractivity contribution in [2.75, 3.05) is 19.6 Å². The number of aliphatic hydroxyl groups excluding tert-OH is 2. The van der Waals surface area contributed by atoms with E-state index in [9.17, 15) is 27.2 Å². The molecule has 0 amide bonds. The van der Waals surface area contributed by atoms with Crippen molar-refractivity contribution in [2.24, 2.45) is 5.92 Å². The fourth-order valence-corrected chi connectivity index (χ4v) is 3.95. The number of halogens is 4. The van der Waals surface area contributed by atoms with Crippen molar-refractivity contribution in [2.45, 2.75) is 63.1 Å². The molecule has 1 unspecified atom stereocenters. The van der Waals surface area contributed by atoms with Gasteiger partial charge in [-0.05, 0) is 69.3 Å². The Morgan fingerprint density at radius 1 is 1.06 bits per heavy atom. The first-order chi connectivity index (χ1) is 15.8. The number of rotatable bonds is 8. The summed E-state index contributed by atoms with van der Waals surface area (Å²) in [6, 6.07) is 2.99. The number of carboxylic acid groups (broad SMARTS) is 2. The molecule has 192 valence electrons. The molecule has 1 saturated carbocycles. The van der Waals surface area contributed by atoms with Gasteiger partial charge in [-0.15, -0.1) is 0 Å². The van der Waals surface area contributed by atoms with Crippen LogP contribution < -0.4 is 5.32 Å². The van der Waals surface area contributed by atoms with Gasteiger partial charge in [-0.25, -0.2) is 14.0 Å². The van der Waals surface area contributed by atoms with Gasteiger partial charge in [-0.3, -0.25) is 4.90 Å². The van der Waals surface area contributed by atoms with E-state index >= 15 is 0 Å². The maximum Gasteiger partial charge on any atom is 0.416 e. The second-order valence-electron chi connectivity index (χ2n) is 8.59. The summed E-state index contributed by atoms with van der Waals surface area (Å²) in [5.74, 6) is -3.78. The molecule has 1 aromatic carbocycles. The van der Waals surface area contributed by atoms with E-state index in [0.29, 0.717) is 12.0 Å². The third kappa shape index (κ3) is 7.90. The molecule has 1 heterocycles. The molecule has 3 atom stereocenters. The van der Waals surface area contributed by atoms with Gasteiger partial charge in [0.25, 0.3) is 0 Å². The lowest BCUT2D eigenvalue weighted by molar-refractivity contribution is -0.165. The highest BCUT2D eigenvalue weighted by atomic mass is 19.4. The molecule has 3 rings (SSSR count). The molecule has 12 heteroatoms. The van der Waals surface area contributed by atoms with Crippen LogP contribution in [0.2, 0.25) is 0 Å². The minimum absolute atomic E-state index is 0.183. The Labute approximate surface area is 194 Å².